The predicted octanol–water partition coefficient (Wildman–Crippen LogP) is 4.92. The van der Waals surface area contributed by atoms with Crippen LogP contribution in [-0.2, 0) is 4.79 Å². The van der Waals surface area contributed by atoms with Gasteiger partial charge >= 0.3 is 5.97 Å². The lowest BCUT2D eigenvalue weighted by Gasteiger charge is -2.21. The van der Waals surface area contributed by atoms with Gasteiger partial charge in [0.05, 0.1) is 13.5 Å². The van der Waals surface area contributed by atoms with E-state index in [9.17, 15) is 4.79 Å². The quantitative estimate of drug-likeness (QED) is 0.449. The van der Waals surface area contributed by atoms with Crippen LogP contribution in [0.4, 0.5) is 0 Å². The standard InChI is InChI=1S/C17H26O2Si/c1-8-15(20(5,6)7)13-9-11-14(12-10-13)19-16(18)17(2,3)4/h8-12H,1-7H3/b15-8-. The third kappa shape index (κ3) is 4.34. The van der Waals surface area contributed by atoms with E-state index in [0.717, 1.165) is 0 Å². The van der Waals surface area contributed by atoms with Crippen molar-refractivity contribution in [3.8, 4) is 5.75 Å². The fourth-order valence-electron chi connectivity index (χ4n) is 2.00. The molecule has 2 nitrogen and oxygen atoms in total. The second kappa shape index (κ2) is 5.96. The maximum atomic E-state index is 11.8. The predicted molar refractivity (Wildman–Crippen MR) is 88.5 cm³/mol. The zero-order valence-electron chi connectivity index (χ0n) is 13.7. The zero-order valence-corrected chi connectivity index (χ0v) is 14.7. The molecule has 0 fully saturated rings. The fourth-order valence-corrected chi connectivity index (χ4v) is 3.89. The summed E-state index contributed by atoms with van der Waals surface area (Å²) in [4.78, 5) is 11.8. The molecule has 0 aliphatic heterocycles. The third-order valence-electron chi connectivity index (χ3n) is 3.08. The molecule has 0 aliphatic carbocycles. The van der Waals surface area contributed by atoms with Crippen molar-refractivity contribution in [3.05, 3.63) is 35.9 Å². The first kappa shape index (κ1) is 16.7. The Hall–Kier alpha value is -1.35. The molecule has 0 bridgehead atoms. The van der Waals surface area contributed by atoms with Crippen molar-refractivity contribution in [3.63, 3.8) is 0 Å². The molecule has 0 unspecified atom stereocenters. The van der Waals surface area contributed by atoms with Gasteiger partial charge < -0.3 is 4.74 Å². The summed E-state index contributed by atoms with van der Waals surface area (Å²) in [6, 6.07) is 7.84. The number of hydrogen-bond donors (Lipinski definition) is 0. The van der Waals surface area contributed by atoms with E-state index in [1.807, 2.05) is 45.0 Å². The monoisotopic (exact) mass is 290 g/mol. The Balaban J connectivity index is 2.93. The van der Waals surface area contributed by atoms with Gasteiger partial charge in [0.2, 0.25) is 0 Å². The number of rotatable bonds is 3. The van der Waals surface area contributed by atoms with Crippen LogP contribution in [-0.4, -0.2) is 14.0 Å². The third-order valence-corrected chi connectivity index (χ3v) is 5.28. The molecule has 110 valence electrons. The lowest BCUT2D eigenvalue weighted by Crippen LogP contribution is -2.25. The zero-order chi connectivity index (χ0) is 15.6. The number of carbonyl (C=O) groups excluding carboxylic acids is 1. The number of esters is 1. The minimum atomic E-state index is -1.35. The highest BCUT2D eigenvalue weighted by Crippen LogP contribution is 2.27. The Bertz CT molecular complexity index is 499. The van der Waals surface area contributed by atoms with E-state index in [1.165, 1.54) is 10.8 Å². The van der Waals surface area contributed by atoms with Gasteiger partial charge in [-0.3, -0.25) is 4.79 Å². The SMILES string of the molecule is C/C=C(/c1ccc(OC(=O)C(C)(C)C)cc1)[Si](C)(C)C. The van der Waals surface area contributed by atoms with Crippen LogP contribution in [0.25, 0.3) is 5.20 Å². The van der Waals surface area contributed by atoms with E-state index >= 15 is 0 Å². The first-order valence-corrected chi connectivity index (χ1v) is 10.5. The van der Waals surface area contributed by atoms with E-state index in [-0.39, 0.29) is 5.97 Å². The first-order chi connectivity index (χ1) is 9.05. The Kier molecular flexibility index (Phi) is 4.98. The van der Waals surface area contributed by atoms with Crippen LogP contribution in [0, 0.1) is 5.41 Å². The van der Waals surface area contributed by atoms with E-state index < -0.39 is 13.5 Å². The number of carbonyl (C=O) groups is 1. The largest absolute Gasteiger partial charge is 0.426 e. The van der Waals surface area contributed by atoms with E-state index in [1.54, 1.807) is 0 Å². The minimum absolute atomic E-state index is 0.207. The minimum Gasteiger partial charge on any atom is -0.426 e. The molecule has 20 heavy (non-hydrogen) atoms. The van der Waals surface area contributed by atoms with Gasteiger partial charge in [0.25, 0.3) is 0 Å². The van der Waals surface area contributed by atoms with Gasteiger partial charge in [-0.25, -0.2) is 0 Å². The summed E-state index contributed by atoms with van der Waals surface area (Å²) in [6.45, 7) is 14.6. The Morgan fingerprint density at radius 2 is 1.60 bits per heavy atom. The maximum absolute atomic E-state index is 11.8. The molecular weight excluding hydrogens is 264 g/mol. The molecule has 0 heterocycles. The summed E-state index contributed by atoms with van der Waals surface area (Å²) in [5, 5.41) is 1.42. The number of benzene rings is 1. The highest BCUT2D eigenvalue weighted by molar-refractivity contribution is 6.93. The topological polar surface area (TPSA) is 26.3 Å². The van der Waals surface area contributed by atoms with Gasteiger partial charge in [-0.2, -0.15) is 0 Å². The Labute approximate surface area is 123 Å². The molecule has 3 heteroatoms. The summed E-state index contributed by atoms with van der Waals surface area (Å²) in [6.07, 6.45) is 2.20. The van der Waals surface area contributed by atoms with Crippen LogP contribution in [0.2, 0.25) is 19.6 Å². The van der Waals surface area contributed by atoms with Gasteiger partial charge in [-0.05, 0) is 45.4 Å². The van der Waals surface area contributed by atoms with Crippen molar-refractivity contribution in [2.24, 2.45) is 5.41 Å². The maximum Gasteiger partial charge on any atom is 0.316 e. The molecule has 1 rings (SSSR count). The summed E-state index contributed by atoms with van der Waals surface area (Å²) in [7, 11) is -1.35. The van der Waals surface area contributed by atoms with Crippen molar-refractivity contribution in [1.82, 2.24) is 0 Å². The summed E-state index contributed by atoms with van der Waals surface area (Å²) in [5.41, 5.74) is 0.744. The average molecular weight is 290 g/mol. The van der Waals surface area contributed by atoms with Crippen LogP contribution >= 0.6 is 0 Å². The number of ether oxygens (including phenoxy) is 1. The molecule has 0 radical (unpaired) electrons. The molecular formula is C17H26O2Si. The van der Waals surface area contributed by atoms with Crippen LogP contribution in [0.15, 0.2) is 30.3 Å². The van der Waals surface area contributed by atoms with Gasteiger partial charge in [-0.15, -0.1) is 0 Å². The molecule has 0 saturated heterocycles. The second-order valence-corrected chi connectivity index (χ2v) is 12.2. The number of allylic oxidation sites excluding steroid dienone is 1. The lowest BCUT2D eigenvalue weighted by molar-refractivity contribution is -0.142. The van der Waals surface area contributed by atoms with Crippen molar-refractivity contribution in [2.45, 2.75) is 47.3 Å². The summed E-state index contributed by atoms with van der Waals surface area (Å²) < 4.78 is 5.39. The highest BCUT2D eigenvalue weighted by atomic mass is 28.3. The van der Waals surface area contributed by atoms with Crippen LogP contribution in [0.3, 0.4) is 0 Å². The van der Waals surface area contributed by atoms with Crippen molar-refractivity contribution in [1.29, 1.82) is 0 Å². The van der Waals surface area contributed by atoms with Crippen LogP contribution in [0.5, 0.6) is 5.75 Å². The molecule has 1 aromatic carbocycles. The molecule has 1 aromatic rings. The molecule has 0 N–H and O–H groups in total. The van der Waals surface area contributed by atoms with Crippen LogP contribution in [0.1, 0.15) is 33.3 Å². The van der Waals surface area contributed by atoms with Crippen molar-refractivity contribution >= 4 is 19.2 Å². The number of hydrogen-bond acceptors (Lipinski definition) is 2. The van der Waals surface area contributed by atoms with E-state index in [0.29, 0.717) is 5.75 Å². The normalized spacial score (nSPS) is 13.2. The molecule has 0 aliphatic rings. The lowest BCUT2D eigenvalue weighted by atomic mass is 9.97. The highest BCUT2D eigenvalue weighted by Gasteiger charge is 2.24. The van der Waals surface area contributed by atoms with Crippen molar-refractivity contribution < 1.29 is 9.53 Å². The fraction of sp³-hybridized carbons (Fsp3) is 0.471. The van der Waals surface area contributed by atoms with Gasteiger partial charge in [-0.1, -0.05) is 43.0 Å². The van der Waals surface area contributed by atoms with E-state index in [2.05, 4.69) is 32.6 Å². The van der Waals surface area contributed by atoms with Gasteiger partial charge in [0.1, 0.15) is 5.75 Å². The van der Waals surface area contributed by atoms with E-state index in [4.69, 9.17) is 4.74 Å². The van der Waals surface area contributed by atoms with Gasteiger partial charge in [0.15, 0.2) is 0 Å². The van der Waals surface area contributed by atoms with Gasteiger partial charge in [0, 0.05) is 0 Å². The summed E-state index contributed by atoms with van der Waals surface area (Å²) >= 11 is 0. The molecule has 0 atom stereocenters. The molecule has 0 spiro atoms. The molecule has 0 amide bonds. The Morgan fingerprint density at radius 1 is 1.10 bits per heavy atom. The van der Waals surface area contributed by atoms with Crippen molar-refractivity contribution in [2.75, 3.05) is 0 Å². The second-order valence-electron chi connectivity index (χ2n) is 7.12. The van der Waals surface area contributed by atoms with Crippen LogP contribution < -0.4 is 4.74 Å². The smallest absolute Gasteiger partial charge is 0.316 e. The average Bonchev–Trinajstić information content (AvgIpc) is 2.29. The molecule has 0 aromatic heterocycles. The summed E-state index contributed by atoms with van der Waals surface area (Å²) in [5.74, 6) is 0.404. The molecule has 0 saturated carbocycles. The Morgan fingerprint density at radius 3 is 1.95 bits per heavy atom. The first-order valence-electron chi connectivity index (χ1n) is 7.05.